The van der Waals surface area contributed by atoms with Gasteiger partial charge in [0.2, 0.25) is 5.75 Å². The highest BCUT2D eigenvalue weighted by molar-refractivity contribution is 5.64. The molecule has 2 rings (SSSR count). The molecule has 0 saturated heterocycles. The second kappa shape index (κ2) is 6.22. The molecule has 1 N–H and O–H groups in total. The highest BCUT2D eigenvalue weighted by Crippen LogP contribution is 2.52. The summed E-state index contributed by atoms with van der Waals surface area (Å²) in [5.74, 6) is 2.71. The van der Waals surface area contributed by atoms with Crippen molar-refractivity contribution in [3.63, 3.8) is 0 Å². The predicted octanol–water partition coefficient (Wildman–Crippen LogP) is 2.53. The van der Waals surface area contributed by atoms with Crippen molar-refractivity contribution in [1.29, 1.82) is 0 Å². The van der Waals surface area contributed by atoms with Crippen LogP contribution >= 0.6 is 0 Å². The van der Waals surface area contributed by atoms with Crippen molar-refractivity contribution in [2.45, 2.75) is 31.9 Å². The van der Waals surface area contributed by atoms with E-state index in [1.165, 1.54) is 0 Å². The summed E-state index contributed by atoms with van der Waals surface area (Å²) in [6, 6.07) is 1.97. The Bertz CT molecular complexity index is 475. The van der Waals surface area contributed by atoms with Crippen LogP contribution in [0.3, 0.4) is 0 Å². The average Bonchev–Trinajstić information content (AvgIpc) is 2.82. The third kappa shape index (κ3) is 2.26. The number of hydrogen-bond acceptors (Lipinski definition) is 5. The van der Waals surface area contributed by atoms with Crippen molar-refractivity contribution in [2.75, 3.05) is 28.4 Å². The van der Waals surface area contributed by atoms with Gasteiger partial charge >= 0.3 is 0 Å². The molecule has 0 saturated carbocycles. The van der Waals surface area contributed by atoms with Crippen molar-refractivity contribution >= 4 is 0 Å². The zero-order valence-electron chi connectivity index (χ0n) is 12.8. The summed E-state index contributed by atoms with van der Waals surface area (Å²) in [6.45, 7) is 2.15. The Morgan fingerprint density at radius 2 is 1.85 bits per heavy atom. The molecule has 112 valence electrons. The van der Waals surface area contributed by atoms with Gasteiger partial charge in [-0.3, -0.25) is 0 Å². The van der Waals surface area contributed by atoms with E-state index in [0.717, 1.165) is 24.2 Å². The fourth-order valence-corrected chi connectivity index (χ4v) is 2.81. The Kier molecular flexibility index (Phi) is 4.60. The van der Waals surface area contributed by atoms with Gasteiger partial charge in [0.1, 0.15) is 11.9 Å². The van der Waals surface area contributed by atoms with Crippen LogP contribution in [-0.4, -0.2) is 34.5 Å². The van der Waals surface area contributed by atoms with E-state index < -0.39 is 0 Å². The number of ether oxygens (including phenoxy) is 4. The summed E-state index contributed by atoms with van der Waals surface area (Å²) in [5.41, 5.74) is 1.01. The molecule has 0 spiro atoms. The normalized spacial score (nSPS) is 20.2. The third-order valence-corrected chi connectivity index (χ3v) is 3.68. The molecule has 2 atom stereocenters. The van der Waals surface area contributed by atoms with Gasteiger partial charge in [0.15, 0.2) is 11.5 Å². The summed E-state index contributed by atoms with van der Waals surface area (Å²) in [6.07, 6.45) is 2.15. The van der Waals surface area contributed by atoms with Gasteiger partial charge in [0.05, 0.1) is 32.9 Å². The van der Waals surface area contributed by atoms with Crippen molar-refractivity contribution in [3.8, 4) is 23.0 Å². The topological polar surface area (TPSA) is 49.0 Å². The van der Waals surface area contributed by atoms with Crippen LogP contribution in [0.2, 0.25) is 0 Å². The van der Waals surface area contributed by atoms with Gasteiger partial charge in [-0.1, -0.05) is 13.3 Å². The number of rotatable bonds is 6. The van der Waals surface area contributed by atoms with E-state index in [0.29, 0.717) is 17.2 Å². The lowest BCUT2D eigenvalue weighted by Gasteiger charge is -2.19. The Morgan fingerprint density at radius 1 is 1.15 bits per heavy atom. The minimum absolute atomic E-state index is 0.0970. The summed E-state index contributed by atoms with van der Waals surface area (Å²) in [4.78, 5) is 0. The maximum atomic E-state index is 6.06. The molecule has 0 amide bonds. The van der Waals surface area contributed by atoms with Crippen molar-refractivity contribution in [3.05, 3.63) is 11.6 Å². The monoisotopic (exact) mass is 281 g/mol. The van der Waals surface area contributed by atoms with E-state index in [-0.39, 0.29) is 12.1 Å². The molecule has 1 heterocycles. The molecule has 1 aliphatic rings. The van der Waals surface area contributed by atoms with Crippen LogP contribution in [0.25, 0.3) is 0 Å². The number of fused-ring (bicyclic) bond motifs is 1. The van der Waals surface area contributed by atoms with Crippen LogP contribution < -0.4 is 24.3 Å². The van der Waals surface area contributed by atoms with Crippen LogP contribution in [-0.2, 0) is 0 Å². The largest absolute Gasteiger partial charge is 0.493 e. The molecular formula is C15H23NO4. The molecule has 0 aliphatic carbocycles. The van der Waals surface area contributed by atoms with Gasteiger partial charge in [-0.2, -0.15) is 0 Å². The lowest BCUT2D eigenvalue weighted by molar-refractivity contribution is 0.181. The number of methoxy groups -OCH3 is 3. The number of benzene rings is 1. The first-order valence-corrected chi connectivity index (χ1v) is 6.88. The molecule has 0 aromatic heterocycles. The van der Waals surface area contributed by atoms with Crippen LogP contribution in [0.15, 0.2) is 6.07 Å². The molecule has 1 aromatic carbocycles. The fourth-order valence-electron chi connectivity index (χ4n) is 2.81. The summed E-state index contributed by atoms with van der Waals surface area (Å²) < 4.78 is 22.4. The molecule has 5 nitrogen and oxygen atoms in total. The van der Waals surface area contributed by atoms with E-state index in [9.17, 15) is 0 Å². The molecule has 2 unspecified atom stereocenters. The van der Waals surface area contributed by atoms with E-state index in [4.69, 9.17) is 18.9 Å². The molecule has 0 fully saturated rings. The fraction of sp³-hybridized carbons (Fsp3) is 0.600. The van der Waals surface area contributed by atoms with E-state index in [2.05, 4.69) is 12.2 Å². The van der Waals surface area contributed by atoms with Gasteiger partial charge in [-0.05, 0) is 13.5 Å². The quantitative estimate of drug-likeness (QED) is 0.868. The Balaban J connectivity index is 2.55. The van der Waals surface area contributed by atoms with Crippen molar-refractivity contribution in [2.24, 2.45) is 0 Å². The molecule has 5 heteroatoms. The Hall–Kier alpha value is -1.62. The first-order valence-electron chi connectivity index (χ1n) is 6.88. The van der Waals surface area contributed by atoms with Gasteiger partial charge in [0.25, 0.3) is 0 Å². The van der Waals surface area contributed by atoms with Crippen LogP contribution in [0.4, 0.5) is 0 Å². The number of likely N-dealkylation sites (N-methyl/N-ethyl adjacent to an activating group) is 1. The van der Waals surface area contributed by atoms with E-state index in [1.54, 1.807) is 21.3 Å². The first kappa shape index (κ1) is 14.8. The highest BCUT2D eigenvalue weighted by Gasteiger charge is 2.38. The zero-order valence-corrected chi connectivity index (χ0v) is 12.8. The van der Waals surface area contributed by atoms with Gasteiger partial charge in [-0.15, -0.1) is 0 Å². The predicted molar refractivity (Wildman–Crippen MR) is 77.2 cm³/mol. The summed E-state index contributed by atoms with van der Waals surface area (Å²) >= 11 is 0. The minimum Gasteiger partial charge on any atom is -0.493 e. The maximum absolute atomic E-state index is 6.06. The van der Waals surface area contributed by atoms with Crippen molar-refractivity contribution in [1.82, 2.24) is 5.32 Å². The lowest BCUT2D eigenvalue weighted by Crippen LogP contribution is -2.28. The minimum atomic E-state index is 0.0970. The second-order valence-electron chi connectivity index (χ2n) is 4.77. The van der Waals surface area contributed by atoms with E-state index >= 15 is 0 Å². The van der Waals surface area contributed by atoms with Gasteiger partial charge < -0.3 is 24.3 Å². The number of nitrogens with one attached hydrogen (secondary N) is 1. The summed E-state index contributed by atoms with van der Waals surface area (Å²) in [7, 11) is 6.79. The molecule has 20 heavy (non-hydrogen) atoms. The smallest absolute Gasteiger partial charge is 0.203 e. The van der Waals surface area contributed by atoms with Gasteiger partial charge in [0, 0.05) is 6.07 Å². The molecule has 0 radical (unpaired) electrons. The Morgan fingerprint density at radius 3 is 2.35 bits per heavy atom. The third-order valence-electron chi connectivity index (χ3n) is 3.68. The second-order valence-corrected chi connectivity index (χ2v) is 4.77. The maximum Gasteiger partial charge on any atom is 0.203 e. The average molecular weight is 281 g/mol. The Labute approximate surface area is 120 Å². The SMILES string of the molecule is CCCC1Oc2cc(OC)c(OC)c(OC)c2C1NC. The molecule has 1 aromatic rings. The van der Waals surface area contributed by atoms with Crippen molar-refractivity contribution < 1.29 is 18.9 Å². The van der Waals surface area contributed by atoms with Gasteiger partial charge in [-0.25, -0.2) is 0 Å². The molecule has 0 bridgehead atoms. The summed E-state index contributed by atoms with van der Waals surface area (Å²) in [5, 5.41) is 3.32. The molecular weight excluding hydrogens is 258 g/mol. The van der Waals surface area contributed by atoms with Crippen LogP contribution in [0.1, 0.15) is 31.4 Å². The first-order chi connectivity index (χ1) is 9.71. The van der Waals surface area contributed by atoms with Crippen LogP contribution in [0, 0.1) is 0 Å². The van der Waals surface area contributed by atoms with E-state index in [1.807, 2.05) is 13.1 Å². The van der Waals surface area contributed by atoms with Crippen LogP contribution in [0.5, 0.6) is 23.0 Å². The zero-order chi connectivity index (χ0) is 14.7. The lowest BCUT2D eigenvalue weighted by atomic mass is 9.99. The highest BCUT2D eigenvalue weighted by atomic mass is 16.5. The standard InChI is InChI=1S/C15H23NO4/c1-6-7-9-13(16-2)12-10(20-9)8-11(17-3)14(18-4)15(12)19-5/h8-9,13,16H,6-7H2,1-5H3. The molecule has 1 aliphatic heterocycles. The number of hydrogen-bond donors (Lipinski definition) is 1.